The molecule has 1 atom stereocenters. The van der Waals surface area contributed by atoms with Crippen molar-refractivity contribution in [3.63, 3.8) is 0 Å². The first-order valence-electron chi connectivity index (χ1n) is 6.00. The lowest BCUT2D eigenvalue weighted by Crippen LogP contribution is -2.29. The monoisotopic (exact) mass is 259 g/mol. The molecular weight excluding hydrogens is 238 g/mol. The number of nitrogens with one attached hydrogen (secondary N) is 1. The van der Waals surface area contributed by atoms with Gasteiger partial charge >= 0.3 is 0 Å². The standard InChI is InChI=1S/C12H22ClN3O/c1-5-10-12(13)11(16(3)15-10)8-9(14-2)6-7-17-4/h9,14H,5-8H2,1-4H3. The molecule has 1 N–H and O–H groups in total. The number of halogens is 1. The van der Waals surface area contributed by atoms with E-state index in [0.717, 1.165) is 42.3 Å². The van der Waals surface area contributed by atoms with E-state index in [-0.39, 0.29) is 0 Å². The number of methoxy groups -OCH3 is 1. The predicted molar refractivity (Wildman–Crippen MR) is 70.6 cm³/mol. The van der Waals surface area contributed by atoms with Gasteiger partial charge < -0.3 is 10.1 Å². The van der Waals surface area contributed by atoms with Gasteiger partial charge in [0.05, 0.1) is 16.4 Å². The van der Waals surface area contributed by atoms with E-state index in [0.29, 0.717) is 6.04 Å². The Bertz CT molecular complexity index is 352. The summed E-state index contributed by atoms with van der Waals surface area (Å²) < 4.78 is 6.99. The third-order valence-electron chi connectivity index (χ3n) is 3.02. The first kappa shape index (κ1) is 14.5. The van der Waals surface area contributed by atoms with Gasteiger partial charge in [-0.3, -0.25) is 4.68 Å². The molecule has 0 aromatic carbocycles. The van der Waals surface area contributed by atoms with Crippen LogP contribution in [0.25, 0.3) is 0 Å². The zero-order valence-corrected chi connectivity index (χ0v) is 11.8. The van der Waals surface area contributed by atoms with Gasteiger partial charge in [-0.05, 0) is 19.9 Å². The second-order valence-electron chi connectivity index (χ2n) is 4.16. The molecule has 1 heterocycles. The molecule has 0 fully saturated rings. The topological polar surface area (TPSA) is 39.1 Å². The first-order chi connectivity index (χ1) is 8.13. The van der Waals surface area contributed by atoms with Crippen LogP contribution in [0.4, 0.5) is 0 Å². The van der Waals surface area contributed by atoms with Crippen molar-refractivity contribution in [3.05, 3.63) is 16.4 Å². The molecule has 98 valence electrons. The number of ether oxygens (including phenoxy) is 1. The molecule has 0 saturated heterocycles. The minimum Gasteiger partial charge on any atom is -0.385 e. The molecule has 17 heavy (non-hydrogen) atoms. The van der Waals surface area contributed by atoms with Crippen LogP contribution in [0.5, 0.6) is 0 Å². The second-order valence-corrected chi connectivity index (χ2v) is 4.53. The van der Waals surface area contributed by atoms with E-state index in [9.17, 15) is 0 Å². The summed E-state index contributed by atoms with van der Waals surface area (Å²) in [6, 6.07) is 0.368. The van der Waals surface area contributed by atoms with Crippen molar-refractivity contribution in [2.75, 3.05) is 20.8 Å². The maximum absolute atomic E-state index is 6.32. The lowest BCUT2D eigenvalue weighted by atomic mass is 10.1. The SMILES string of the molecule is CCc1nn(C)c(CC(CCOC)NC)c1Cl. The third-order valence-corrected chi connectivity index (χ3v) is 3.46. The van der Waals surface area contributed by atoms with Crippen LogP contribution in [-0.4, -0.2) is 36.6 Å². The van der Waals surface area contributed by atoms with Crippen LogP contribution in [0, 0.1) is 0 Å². The van der Waals surface area contributed by atoms with Crippen molar-refractivity contribution in [2.24, 2.45) is 7.05 Å². The molecule has 1 unspecified atom stereocenters. The van der Waals surface area contributed by atoms with Gasteiger partial charge in [-0.2, -0.15) is 5.10 Å². The van der Waals surface area contributed by atoms with Crippen molar-refractivity contribution in [1.82, 2.24) is 15.1 Å². The highest BCUT2D eigenvalue weighted by Crippen LogP contribution is 2.22. The molecule has 5 heteroatoms. The average molecular weight is 260 g/mol. The van der Waals surface area contributed by atoms with Gasteiger partial charge in [0.15, 0.2) is 0 Å². The summed E-state index contributed by atoms with van der Waals surface area (Å²) in [5.74, 6) is 0. The number of aromatic nitrogens is 2. The number of hydrogen-bond acceptors (Lipinski definition) is 3. The normalized spacial score (nSPS) is 13.0. The fraction of sp³-hybridized carbons (Fsp3) is 0.750. The van der Waals surface area contributed by atoms with Crippen LogP contribution < -0.4 is 5.32 Å². The van der Waals surface area contributed by atoms with Gasteiger partial charge in [0.25, 0.3) is 0 Å². The highest BCUT2D eigenvalue weighted by molar-refractivity contribution is 6.31. The van der Waals surface area contributed by atoms with E-state index in [1.54, 1.807) is 7.11 Å². The van der Waals surface area contributed by atoms with E-state index in [1.165, 1.54) is 0 Å². The third kappa shape index (κ3) is 3.69. The minimum atomic E-state index is 0.368. The molecule has 0 aliphatic carbocycles. The summed E-state index contributed by atoms with van der Waals surface area (Å²) in [6.07, 6.45) is 2.72. The van der Waals surface area contributed by atoms with Gasteiger partial charge in [-0.25, -0.2) is 0 Å². The van der Waals surface area contributed by atoms with Crippen molar-refractivity contribution in [3.8, 4) is 0 Å². The predicted octanol–water partition coefficient (Wildman–Crippen LogP) is 1.80. The zero-order valence-electron chi connectivity index (χ0n) is 11.1. The first-order valence-corrected chi connectivity index (χ1v) is 6.38. The quantitative estimate of drug-likeness (QED) is 0.812. The van der Waals surface area contributed by atoms with Crippen LogP contribution in [0.1, 0.15) is 24.7 Å². The fourth-order valence-corrected chi connectivity index (χ4v) is 2.25. The average Bonchev–Trinajstić information content (AvgIpc) is 2.60. The highest BCUT2D eigenvalue weighted by Gasteiger charge is 2.16. The Kier molecular flexibility index (Phi) is 5.95. The van der Waals surface area contributed by atoms with E-state index in [4.69, 9.17) is 16.3 Å². The maximum Gasteiger partial charge on any atom is 0.0850 e. The molecule has 4 nitrogen and oxygen atoms in total. The smallest absolute Gasteiger partial charge is 0.0850 e. The minimum absolute atomic E-state index is 0.368. The highest BCUT2D eigenvalue weighted by atomic mass is 35.5. The summed E-state index contributed by atoms with van der Waals surface area (Å²) in [5, 5.41) is 8.52. The Balaban J connectivity index is 2.75. The van der Waals surface area contributed by atoms with Gasteiger partial charge in [0, 0.05) is 33.2 Å². The number of hydrogen-bond donors (Lipinski definition) is 1. The zero-order chi connectivity index (χ0) is 12.8. The summed E-state index contributed by atoms with van der Waals surface area (Å²) in [4.78, 5) is 0. The Hall–Kier alpha value is -0.580. The van der Waals surface area contributed by atoms with Gasteiger partial charge in [0.2, 0.25) is 0 Å². The molecule has 0 bridgehead atoms. The van der Waals surface area contributed by atoms with Gasteiger partial charge in [-0.15, -0.1) is 0 Å². The Morgan fingerprint density at radius 3 is 2.71 bits per heavy atom. The van der Waals surface area contributed by atoms with Crippen molar-refractivity contribution >= 4 is 11.6 Å². The number of nitrogens with zero attached hydrogens (tertiary/aromatic N) is 2. The molecule has 1 aromatic rings. The number of aryl methyl sites for hydroxylation is 2. The van der Waals surface area contributed by atoms with E-state index in [2.05, 4.69) is 17.3 Å². The van der Waals surface area contributed by atoms with Crippen LogP contribution in [-0.2, 0) is 24.6 Å². The lowest BCUT2D eigenvalue weighted by molar-refractivity contribution is 0.183. The summed E-state index contributed by atoms with van der Waals surface area (Å²) in [5.41, 5.74) is 2.07. The van der Waals surface area contributed by atoms with E-state index in [1.807, 2.05) is 18.8 Å². The summed E-state index contributed by atoms with van der Waals surface area (Å²) in [7, 11) is 5.63. The molecule has 0 spiro atoms. The molecular formula is C12H22ClN3O. The largest absolute Gasteiger partial charge is 0.385 e. The number of rotatable bonds is 7. The number of likely N-dealkylation sites (N-methyl/N-ethyl adjacent to an activating group) is 1. The van der Waals surface area contributed by atoms with E-state index >= 15 is 0 Å². The Morgan fingerprint density at radius 2 is 2.24 bits per heavy atom. The molecule has 0 saturated carbocycles. The fourth-order valence-electron chi connectivity index (χ4n) is 1.88. The maximum atomic E-state index is 6.32. The Morgan fingerprint density at radius 1 is 1.53 bits per heavy atom. The molecule has 0 radical (unpaired) electrons. The van der Waals surface area contributed by atoms with Crippen molar-refractivity contribution in [2.45, 2.75) is 32.2 Å². The summed E-state index contributed by atoms with van der Waals surface area (Å²) >= 11 is 6.32. The lowest BCUT2D eigenvalue weighted by Gasteiger charge is -2.15. The van der Waals surface area contributed by atoms with E-state index < -0.39 is 0 Å². The van der Waals surface area contributed by atoms with Crippen LogP contribution >= 0.6 is 11.6 Å². The van der Waals surface area contributed by atoms with Gasteiger partial charge in [-0.1, -0.05) is 18.5 Å². The van der Waals surface area contributed by atoms with Crippen LogP contribution in [0.3, 0.4) is 0 Å². The molecule has 1 rings (SSSR count). The van der Waals surface area contributed by atoms with Crippen molar-refractivity contribution < 1.29 is 4.74 Å². The second kappa shape index (κ2) is 6.99. The molecule has 1 aromatic heterocycles. The van der Waals surface area contributed by atoms with Gasteiger partial charge in [0.1, 0.15) is 0 Å². The molecule has 0 amide bonds. The molecule has 0 aliphatic heterocycles. The summed E-state index contributed by atoms with van der Waals surface area (Å²) in [6.45, 7) is 2.82. The molecule has 0 aliphatic rings. The van der Waals surface area contributed by atoms with Crippen molar-refractivity contribution in [1.29, 1.82) is 0 Å². The van der Waals surface area contributed by atoms with Crippen LogP contribution in [0.2, 0.25) is 5.02 Å². The van der Waals surface area contributed by atoms with Crippen LogP contribution in [0.15, 0.2) is 0 Å². The Labute approximate surface area is 108 Å².